The molecule has 0 bridgehead atoms. The lowest BCUT2D eigenvalue weighted by molar-refractivity contribution is 0.112. The first-order valence-electron chi connectivity index (χ1n) is 4.90. The number of hydrogen-bond donors (Lipinski definition) is 0. The van der Waals surface area contributed by atoms with E-state index in [-0.39, 0.29) is 0 Å². The normalized spacial score (nSPS) is 10.1. The van der Waals surface area contributed by atoms with Crippen molar-refractivity contribution >= 4 is 6.29 Å². The third-order valence-electron chi connectivity index (χ3n) is 2.15. The molecule has 0 atom stereocenters. The predicted octanol–water partition coefficient (Wildman–Crippen LogP) is 2.47. The van der Waals surface area contributed by atoms with Gasteiger partial charge in [-0.15, -0.1) is 0 Å². The van der Waals surface area contributed by atoms with Gasteiger partial charge in [0.15, 0.2) is 0 Å². The molecule has 0 saturated heterocycles. The quantitative estimate of drug-likeness (QED) is 0.511. The second-order valence-electron chi connectivity index (χ2n) is 3.31. The van der Waals surface area contributed by atoms with E-state index in [4.69, 9.17) is 4.74 Å². The van der Waals surface area contributed by atoms with Gasteiger partial charge in [-0.05, 0) is 30.9 Å². The molecule has 2 nitrogen and oxygen atoms in total. The van der Waals surface area contributed by atoms with Gasteiger partial charge in [-0.3, -0.25) is 4.79 Å². The fourth-order valence-electron chi connectivity index (χ4n) is 1.40. The Kier molecular flexibility index (Phi) is 4.94. The van der Waals surface area contributed by atoms with E-state index in [1.807, 2.05) is 18.2 Å². The van der Waals surface area contributed by atoms with Crippen LogP contribution in [0.2, 0.25) is 0 Å². The van der Waals surface area contributed by atoms with Crippen molar-refractivity contribution in [3.8, 4) is 0 Å². The Hall–Kier alpha value is -1.15. The molecule has 0 amide bonds. The molecule has 1 rings (SSSR count). The Morgan fingerprint density at radius 3 is 2.93 bits per heavy atom. The van der Waals surface area contributed by atoms with Crippen molar-refractivity contribution in [1.29, 1.82) is 0 Å². The molecular weight excluding hydrogens is 176 g/mol. The number of rotatable bonds is 6. The van der Waals surface area contributed by atoms with Crippen LogP contribution in [0.1, 0.15) is 28.8 Å². The molecule has 0 spiro atoms. The summed E-state index contributed by atoms with van der Waals surface area (Å²) in [5.74, 6) is 0. The van der Waals surface area contributed by atoms with Gasteiger partial charge < -0.3 is 4.74 Å². The van der Waals surface area contributed by atoms with Crippen LogP contribution in [0.15, 0.2) is 24.3 Å². The van der Waals surface area contributed by atoms with Gasteiger partial charge in [-0.2, -0.15) is 0 Å². The zero-order valence-electron chi connectivity index (χ0n) is 8.53. The lowest BCUT2D eigenvalue weighted by Gasteiger charge is -2.01. The average Bonchev–Trinajstić information content (AvgIpc) is 2.25. The first kappa shape index (κ1) is 10.9. The minimum absolute atomic E-state index is 0.759. The second-order valence-corrected chi connectivity index (χ2v) is 3.31. The van der Waals surface area contributed by atoms with E-state index in [0.29, 0.717) is 0 Å². The van der Waals surface area contributed by atoms with Crippen LogP contribution >= 0.6 is 0 Å². The molecule has 0 N–H and O–H groups in total. The molecule has 0 heterocycles. The number of carbonyl (C=O) groups excluding carboxylic acids is 1. The predicted molar refractivity (Wildman–Crippen MR) is 56.6 cm³/mol. The number of ether oxygens (including phenoxy) is 1. The molecular formula is C12H16O2. The second kappa shape index (κ2) is 6.33. The minimum Gasteiger partial charge on any atom is -0.385 e. The molecule has 76 valence electrons. The van der Waals surface area contributed by atoms with E-state index >= 15 is 0 Å². The van der Waals surface area contributed by atoms with Crippen molar-refractivity contribution in [2.75, 3.05) is 13.7 Å². The minimum atomic E-state index is 0.759. The summed E-state index contributed by atoms with van der Waals surface area (Å²) >= 11 is 0. The number of carbonyl (C=O) groups is 1. The third-order valence-corrected chi connectivity index (χ3v) is 2.15. The SMILES string of the molecule is COCCCCc1cccc(C=O)c1. The molecule has 2 heteroatoms. The summed E-state index contributed by atoms with van der Waals surface area (Å²) in [4.78, 5) is 10.5. The van der Waals surface area contributed by atoms with Gasteiger partial charge >= 0.3 is 0 Å². The van der Waals surface area contributed by atoms with Crippen LogP contribution in [0.3, 0.4) is 0 Å². The number of benzene rings is 1. The Morgan fingerprint density at radius 1 is 1.36 bits per heavy atom. The lowest BCUT2D eigenvalue weighted by atomic mass is 10.1. The molecule has 0 aliphatic carbocycles. The topological polar surface area (TPSA) is 26.3 Å². The van der Waals surface area contributed by atoms with Gasteiger partial charge in [0.1, 0.15) is 6.29 Å². The first-order chi connectivity index (χ1) is 6.86. The van der Waals surface area contributed by atoms with Crippen LogP contribution in [0.4, 0.5) is 0 Å². The number of methoxy groups -OCH3 is 1. The molecule has 0 saturated carbocycles. The van der Waals surface area contributed by atoms with E-state index in [2.05, 4.69) is 6.07 Å². The maximum Gasteiger partial charge on any atom is 0.150 e. The van der Waals surface area contributed by atoms with Crippen LogP contribution in [-0.4, -0.2) is 20.0 Å². The Balaban J connectivity index is 2.38. The molecule has 0 aliphatic heterocycles. The van der Waals surface area contributed by atoms with Gasteiger partial charge in [0.25, 0.3) is 0 Å². The summed E-state index contributed by atoms with van der Waals surface area (Å²) in [5, 5.41) is 0. The monoisotopic (exact) mass is 192 g/mol. The Morgan fingerprint density at radius 2 is 2.21 bits per heavy atom. The lowest BCUT2D eigenvalue weighted by Crippen LogP contribution is -1.92. The van der Waals surface area contributed by atoms with Gasteiger partial charge in [-0.1, -0.05) is 18.2 Å². The van der Waals surface area contributed by atoms with E-state index in [1.54, 1.807) is 7.11 Å². The van der Waals surface area contributed by atoms with Gasteiger partial charge in [0.05, 0.1) is 0 Å². The summed E-state index contributed by atoms with van der Waals surface area (Å²) in [6.45, 7) is 0.813. The Labute approximate surface area is 84.9 Å². The van der Waals surface area contributed by atoms with E-state index in [0.717, 1.165) is 37.7 Å². The highest BCUT2D eigenvalue weighted by Crippen LogP contribution is 2.07. The highest BCUT2D eigenvalue weighted by molar-refractivity contribution is 5.74. The van der Waals surface area contributed by atoms with Crippen molar-refractivity contribution in [3.05, 3.63) is 35.4 Å². The summed E-state index contributed by atoms with van der Waals surface area (Å²) in [6, 6.07) is 7.75. The average molecular weight is 192 g/mol. The number of unbranched alkanes of at least 4 members (excludes halogenated alkanes) is 1. The van der Waals surface area contributed by atoms with Crippen LogP contribution in [0, 0.1) is 0 Å². The maximum absolute atomic E-state index is 10.5. The van der Waals surface area contributed by atoms with Crippen LogP contribution < -0.4 is 0 Å². The van der Waals surface area contributed by atoms with Crippen molar-refractivity contribution in [2.45, 2.75) is 19.3 Å². The summed E-state index contributed by atoms with van der Waals surface area (Å²) in [6.07, 6.45) is 4.08. The van der Waals surface area contributed by atoms with Crippen LogP contribution in [0.25, 0.3) is 0 Å². The number of hydrogen-bond acceptors (Lipinski definition) is 2. The molecule has 1 aromatic carbocycles. The molecule has 1 aromatic rings. The highest BCUT2D eigenvalue weighted by atomic mass is 16.5. The van der Waals surface area contributed by atoms with Crippen molar-refractivity contribution in [3.63, 3.8) is 0 Å². The van der Waals surface area contributed by atoms with Crippen LogP contribution in [0.5, 0.6) is 0 Å². The fourth-order valence-corrected chi connectivity index (χ4v) is 1.40. The van der Waals surface area contributed by atoms with Gasteiger partial charge in [0, 0.05) is 19.3 Å². The number of aldehydes is 1. The molecule has 0 unspecified atom stereocenters. The van der Waals surface area contributed by atoms with Crippen molar-refractivity contribution < 1.29 is 9.53 Å². The molecule has 14 heavy (non-hydrogen) atoms. The van der Waals surface area contributed by atoms with Gasteiger partial charge in [0.2, 0.25) is 0 Å². The largest absolute Gasteiger partial charge is 0.385 e. The molecule has 0 aromatic heterocycles. The standard InChI is InChI=1S/C12H16O2/c1-14-8-3-2-5-11-6-4-7-12(9-11)10-13/h4,6-7,9-10H,2-3,5,8H2,1H3. The smallest absolute Gasteiger partial charge is 0.150 e. The summed E-state index contributed by atoms with van der Waals surface area (Å²) in [5.41, 5.74) is 1.99. The molecule has 0 aliphatic rings. The summed E-state index contributed by atoms with van der Waals surface area (Å²) in [7, 11) is 1.72. The van der Waals surface area contributed by atoms with Crippen molar-refractivity contribution in [1.82, 2.24) is 0 Å². The zero-order chi connectivity index (χ0) is 10.2. The fraction of sp³-hybridized carbons (Fsp3) is 0.417. The van der Waals surface area contributed by atoms with E-state index in [1.165, 1.54) is 5.56 Å². The maximum atomic E-state index is 10.5. The number of aryl methyl sites for hydroxylation is 1. The zero-order valence-corrected chi connectivity index (χ0v) is 8.53. The summed E-state index contributed by atoms with van der Waals surface area (Å²) < 4.78 is 4.97. The molecule has 0 radical (unpaired) electrons. The van der Waals surface area contributed by atoms with E-state index in [9.17, 15) is 4.79 Å². The molecule has 0 fully saturated rings. The van der Waals surface area contributed by atoms with Gasteiger partial charge in [-0.25, -0.2) is 0 Å². The van der Waals surface area contributed by atoms with Crippen LogP contribution in [-0.2, 0) is 11.2 Å². The highest BCUT2D eigenvalue weighted by Gasteiger charge is 1.95. The Bertz CT molecular complexity index is 281. The van der Waals surface area contributed by atoms with E-state index < -0.39 is 0 Å². The van der Waals surface area contributed by atoms with Crippen molar-refractivity contribution in [2.24, 2.45) is 0 Å². The first-order valence-corrected chi connectivity index (χ1v) is 4.90. The third kappa shape index (κ3) is 3.71.